The van der Waals surface area contributed by atoms with Gasteiger partial charge in [0.05, 0.1) is 0 Å². The molecule has 284 valence electrons. The molecule has 0 saturated heterocycles. The van der Waals surface area contributed by atoms with Gasteiger partial charge in [-0.25, -0.2) is 0 Å². The minimum atomic E-state index is 0. The third-order valence-electron chi connectivity index (χ3n) is 6.90. The molecule has 0 atom stereocenters. The van der Waals surface area contributed by atoms with Crippen molar-refractivity contribution in [3.8, 4) is 0 Å². The minimum absolute atomic E-state index is 0. The summed E-state index contributed by atoms with van der Waals surface area (Å²) in [6.07, 6.45) is 19.1. The molecule has 5 N–H and O–H groups in total. The summed E-state index contributed by atoms with van der Waals surface area (Å²) in [5.74, 6) is 0. The van der Waals surface area contributed by atoms with Crippen molar-refractivity contribution in [2.75, 3.05) is 85.1 Å². The second kappa shape index (κ2) is 51.5. The average Bonchev–Trinajstić information content (AvgIpc) is 2.97. The number of rotatable bonds is 30. The quantitative estimate of drug-likeness (QED) is 0.0328. The summed E-state index contributed by atoms with van der Waals surface area (Å²) in [4.78, 5) is 5.01. The number of hydrogen-bond acceptors (Lipinski definition) is 6. The smallest absolute Gasteiger partial charge is 0.0107 e. The lowest BCUT2D eigenvalue weighted by Gasteiger charge is -2.22. The van der Waals surface area contributed by atoms with Crippen molar-refractivity contribution < 1.29 is 17.1 Å². The highest BCUT2D eigenvalue weighted by Crippen LogP contribution is 2.10. The molecule has 0 aliphatic heterocycles. The van der Waals surface area contributed by atoms with Crippen molar-refractivity contribution >= 4 is 48.0 Å². The first-order valence-corrected chi connectivity index (χ1v) is 17.5. The highest BCUT2D eigenvalue weighted by atomic mass is 127. The van der Waals surface area contributed by atoms with Crippen LogP contribution in [-0.4, -0.2) is 94.9 Å². The van der Waals surface area contributed by atoms with Gasteiger partial charge in [0, 0.05) is 69.5 Å². The molecule has 6 nitrogen and oxygen atoms in total. The van der Waals surface area contributed by atoms with Crippen LogP contribution in [0, 0.1) is 0 Å². The first-order chi connectivity index (χ1) is 19.7. The molecule has 0 amide bonds. The summed E-state index contributed by atoms with van der Waals surface area (Å²) >= 11 is 0. The summed E-state index contributed by atoms with van der Waals surface area (Å²) in [6.45, 7) is 31.8. The predicted molar refractivity (Wildman–Crippen MR) is 241 cm³/mol. The van der Waals surface area contributed by atoms with Crippen LogP contribution in [0.15, 0.2) is 13.2 Å². The van der Waals surface area contributed by atoms with Crippen LogP contribution in [0.2, 0.25) is 0 Å². The summed E-state index contributed by atoms with van der Waals surface area (Å²) in [6, 6.07) is 0. The van der Waals surface area contributed by atoms with Crippen LogP contribution < -0.4 is 21.7 Å². The normalized spacial score (nSPS) is 10.4. The first kappa shape index (κ1) is 52.5. The van der Waals surface area contributed by atoms with E-state index in [1.807, 2.05) is 0 Å². The van der Waals surface area contributed by atoms with Crippen LogP contribution in [-0.2, 0) is 0 Å². The number of halogens is 2. The lowest BCUT2D eigenvalue weighted by molar-refractivity contribution is 0.273. The van der Waals surface area contributed by atoms with Crippen molar-refractivity contribution in [3.63, 3.8) is 0 Å². The van der Waals surface area contributed by atoms with E-state index in [4.69, 9.17) is 5.73 Å². The van der Waals surface area contributed by atoms with Crippen molar-refractivity contribution in [2.45, 2.75) is 125 Å². The van der Waals surface area contributed by atoms with E-state index in [2.05, 4.69) is 73.5 Å². The maximum Gasteiger partial charge on any atom is 0.0107 e. The number of unbranched alkanes of at least 4 members (excludes halogenated alkanes) is 9. The Labute approximate surface area is 318 Å². The van der Waals surface area contributed by atoms with Gasteiger partial charge in [-0.05, 0) is 64.8 Å². The van der Waals surface area contributed by atoms with E-state index in [1.165, 1.54) is 123 Å². The van der Waals surface area contributed by atoms with Crippen molar-refractivity contribution in [1.82, 2.24) is 25.8 Å². The van der Waals surface area contributed by atoms with E-state index in [-0.39, 0.29) is 65.1 Å². The first-order valence-electron chi connectivity index (χ1n) is 17.5. The SMILES string of the molecule is C=C.CCCCCCCCCCCCNCCN(CCC)CCNCCC.CCCNCCN(CCC)CCN.I.I.[HH].[HH].[HH].[HH].[HH].[HH].[HH].[HH].[HH].[HH].[HH].[HH]. The van der Waals surface area contributed by atoms with Gasteiger partial charge >= 0.3 is 0 Å². The molecule has 0 aliphatic carbocycles. The molecule has 0 radical (unpaired) electrons. The zero-order valence-electron chi connectivity index (χ0n) is 29.3. The van der Waals surface area contributed by atoms with Crippen LogP contribution in [0.4, 0.5) is 0 Å². The van der Waals surface area contributed by atoms with Crippen LogP contribution in [0.3, 0.4) is 0 Å². The second-order valence-electron chi connectivity index (χ2n) is 10.9. The molecular formula is C34H104I2N6. The van der Waals surface area contributed by atoms with E-state index >= 15 is 0 Å². The Kier molecular flexibility index (Phi) is 64.4. The largest absolute Gasteiger partial charge is 0.329 e. The Morgan fingerprint density at radius 1 is 0.429 bits per heavy atom. The van der Waals surface area contributed by atoms with Gasteiger partial charge in [0.2, 0.25) is 0 Å². The fourth-order valence-corrected chi connectivity index (χ4v) is 4.66. The van der Waals surface area contributed by atoms with Crippen LogP contribution >= 0.6 is 48.0 Å². The van der Waals surface area contributed by atoms with E-state index in [0.29, 0.717) is 0 Å². The van der Waals surface area contributed by atoms with Crippen molar-refractivity contribution in [3.05, 3.63) is 13.2 Å². The van der Waals surface area contributed by atoms with Gasteiger partial charge < -0.3 is 31.5 Å². The average molecular weight is 851 g/mol. The summed E-state index contributed by atoms with van der Waals surface area (Å²) in [5, 5.41) is 10.5. The lowest BCUT2D eigenvalue weighted by atomic mass is 10.1. The number of nitrogens with zero attached hydrogens (tertiary/aromatic N) is 2. The minimum Gasteiger partial charge on any atom is -0.329 e. The Morgan fingerprint density at radius 2 is 0.786 bits per heavy atom. The maximum absolute atomic E-state index is 5.53. The Balaban J connectivity index is -0.0000000281. The van der Waals surface area contributed by atoms with Gasteiger partial charge in [0.1, 0.15) is 0 Å². The summed E-state index contributed by atoms with van der Waals surface area (Å²) in [5.41, 5.74) is 5.53. The third kappa shape index (κ3) is 47.9. The maximum atomic E-state index is 5.53. The second-order valence-corrected chi connectivity index (χ2v) is 10.9. The van der Waals surface area contributed by atoms with Gasteiger partial charge in [-0.1, -0.05) is 92.4 Å². The molecule has 0 rings (SSSR count). The highest BCUT2D eigenvalue weighted by molar-refractivity contribution is 14.0. The van der Waals surface area contributed by atoms with E-state index in [9.17, 15) is 0 Å². The molecule has 0 aromatic carbocycles. The van der Waals surface area contributed by atoms with E-state index in [1.54, 1.807) is 0 Å². The van der Waals surface area contributed by atoms with Crippen molar-refractivity contribution in [1.29, 1.82) is 0 Å². The monoisotopic (exact) mass is 851 g/mol. The molecule has 0 unspecified atom stereocenters. The van der Waals surface area contributed by atoms with E-state index < -0.39 is 0 Å². The standard InChI is InChI=1S/C22H49N3.C10H25N3.C2H4.2HI.12H2/c1-4-7-8-9-10-11-12-13-14-15-17-24-19-22-25(20-6-3)21-18-23-16-5-2;1-3-6-12-7-10-13(8-4-2)9-5-11;1-2;;;;;;;;;;;;;;/h23-24H,4-22H2,1-3H3;12H,3-11H2,1-2H3;1-2H2;14*1H. The lowest BCUT2D eigenvalue weighted by Crippen LogP contribution is -2.37. The molecule has 0 aromatic rings. The molecule has 0 heterocycles. The molecule has 8 heteroatoms. The predicted octanol–water partition coefficient (Wildman–Crippen LogP) is 10.9. The fraction of sp³-hybridized carbons (Fsp3) is 0.941. The Bertz CT molecular complexity index is 457. The number of nitrogens with one attached hydrogen (secondary N) is 3. The molecule has 0 aromatic heterocycles. The van der Waals surface area contributed by atoms with Crippen LogP contribution in [0.5, 0.6) is 0 Å². The van der Waals surface area contributed by atoms with E-state index in [0.717, 1.165) is 52.4 Å². The Hall–Kier alpha value is 0.960. The summed E-state index contributed by atoms with van der Waals surface area (Å²) in [7, 11) is 0. The zero-order valence-corrected chi connectivity index (χ0v) is 34.0. The molecule has 0 aliphatic rings. The zero-order chi connectivity index (χ0) is 30.4. The molecule has 0 saturated carbocycles. The highest BCUT2D eigenvalue weighted by Gasteiger charge is 2.03. The van der Waals surface area contributed by atoms with Crippen molar-refractivity contribution in [2.24, 2.45) is 5.73 Å². The fourth-order valence-electron chi connectivity index (χ4n) is 4.66. The van der Waals surface area contributed by atoms with Gasteiger partial charge in [0.25, 0.3) is 0 Å². The molecule has 42 heavy (non-hydrogen) atoms. The van der Waals surface area contributed by atoms with Gasteiger partial charge in [-0.3, -0.25) is 0 Å². The van der Waals surface area contributed by atoms with Gasteiger partial charge in [0.15, 0.2) is 0 Å². The topological polar surface area (TPSA) is 68.6 Å². The van der Waals surface area contributed by atoms with Gasteiger partial charge in [-0.2, -0.15) is 0 Å². The van der Waals surface area contributed by atoms with Crippen LogP contribution in [0.1, 0.15) is 142 Å². The van der Waals surface area contributed by atoms with Crippen LogP contribution in [0.25, 0.3) is 0 Å². The van der Waals surface area contributed by atoms with Gasteiger partial charge in [-0.15, -0.1) is 61.1 Å². The number of hydrogen-bond donors (Lipinski definition) is 4. The molecule has 0 spiro atoms. The molecular weight excluding hydrogens is 746 g/mol. The number of nitrogens with two attached hydrogens (primary N) is 1. The Morgan fingerprint density at radius 3 is 1.14 bits per heavy atom. The molecule has 0 fully saturated rings. The summed E-state index contributed by atoms with van der Waals surface area (Å²) < 4.78 is 0. The third-order valence-corrected chi connectivity index (χ3v) is 6.90. The molecule has 0 bridgehead atoms.